The molecule has 0 radical (unpaired) electrons. The maximum atomic E-state index is 10.4. The van der Waals surface area contributed by atoms with E-state index in [1.54, 1.807) is 6.07 Å². The first kappa shape index (κ1) is 19.3. The minimum atomic E-state index is -0.317. The van der Waals surface area contributed by atoms with E-state index < -0.39 is 0 Å². The van der Waals surface area contributed by atoms with Crippen molar-refractivity contribution in [3.05, 3.63) is 46.1 Å². The first-order valence-corrected chi connectivity index (χ1v) is 7.85. The van der Waals surface area contributed by atoms with Gasteiger partial charge in [-0.2, -0.15) is 0 Å². The Morgan fingerprint density at radius 1 is 1.09 bits per heavy atom. The monoisotopic (exact) mass is 320 g/mol. The largest absolute Gasteiger partial charge is 0.507 e. The molecule has 0 aliphatic heterocycles. The molecule has 23 heavy (non-hydrogen) atoms. The summed E-state index contributed by atoms with van der Waals surface area (Å²) in [7, 11) is 1.53. The van der Waals surface area contributed by atoms with Crippen molar-refractivity contribution in [2.75, 3.05) is 7.11 Å². The van der Waals surface area contributed by atoms with Crippen LogP contribution in [-0.4, -0.2) is 22.4 Å². The van der Waals surface area contributed by atoms with E-state index in [2.05, 4.69) is 32.9 Å². The molecular weight excluding hydrogens is 292 g/mol. The summed E-state index contributed by atoms with van der Waals surface area (Å²) in [5.74, 6) is 0.529. The summed E-state index contributed by atoms with van der Waals surface area (Å²) in [5, 5.41) is 29.2. The molecule has 3 N–H and O–H groups in total. The van der Waals surface area contributed by atoms with E-state index in [0.717, 1.165) is 12.8 Å². The van der Waals surface area contributed by atoms with Crippen LogP contribution >= 0.6 is 0 Å². The number of aliphatic hydroxyl groups is 2. The Bertz CT molecular complexity index is 582. The number of allylic oxidation sites excluding steroid dienone is 4. The number of hydrogen-bond acceptors (Lipinski definition) is 4. The smallest absolute Gasteiger partial charge is 0.128 e. The van der Waals surface area contributed by atoms with E-state index in [4.69, 9.17) is 4.74 Å². The number of ether oxygens (including phenoxy) is 1. The summed E-state index contributed by atoms with van der Waals surface area (Å²) in [6.45, 7) is 5.67. The van der Waals surface area contributed by atoms with Crippen LogP contribution in [0.3, 0.4) is 0 Å². The van der Waals surface area contributed by atoms with Gasteiger partial charge < -0.3 is 20.1 Å². The van der Waals surface area contributed by atoms with Crippen molar-refractivity contribution in [2.24, 2.45) is 0 Å². The van der Waals surface area contributed by atoms with Gasteiger partial charge in [0, 0.05) is 11.1 Å². The Morgan fingerprint density at radius 2 is 1.78 bits per heavy atom. The molecule has 0 heterocycles. The van der Waals surface area contributed by atoms with E-state index in [1.165, 1.54) is 18.3 Å². The average Bonchev–Trinajstić information content (AvgIpc) is 2.52. The van der Waals surface area contributed by atoms with Crippen molar-refractivity contribution in [2.45, 2.75) is 53.2 Å². The third-order valence-electron chi connectivity index (χ3n) is 3.86. The molecule has 1 aromatic carbocycles. The molecular formula is C19H28O4. The Kier molecular flexibility index (Phi) is 7.86. The molecule has 0 atom stereocenters. The molecule has 0 saturated carbocycles. The van der Waals surface area contributed by atoms with Crippen molar-refractivity contribution in [3.63, 3.8) is 0 Å². The Balaban J connectivity index is 3.01. The number of hydrogen-bond donors (Lipinski definition) is 3. The predicted molar refractivity (Wildman–Crippen MR) is 92.6 cm³/mol. The average molecular weight is 320 g/mol. The number of aromatic hydroxyl groups is 1. The number of rotatable bonds is 8. The SMILES string of the molecule is COc1cc(CO)c(CO)c(O)c1C/C=C(\C)CCC=C(C)C. The third-order valence-corrected chi connectivity index (χ3v) is 3.86. The van der Waals surface area contributed by atoms with Gasteiger partial charge in [-0.3, -0.25) is 0 Å². The Labute approximate surface area is 138 Å². The van der Waals surface area contributed by atoms with Gasteiger partial charge in [-0.25, -0.2) is 0 Å². The summed E-state index contributed by atoms with van der Waals surface area (Å²) >= 11 is 0. The molecule has 4 nitrogen and oxygen atoms in total. The topological polar surface area (TPSA) is 69.9 Å². The summed E-state index contributed by atoms with van der Waals surface area (Å²) in [5.41, 5.74) is 4.02. The summed E-state index contributed by atoms with van der Waals surface area (Å²) in [4.78, 5) is 0. The fourth-order valence-electron chi connectivity index (χ4n) is 2.45. The van der Waals surface area contributed by atoms with Crippen LogP contribution < -0.4 is 4.74 Å². The minimum absolute atomic E-state index is 0.00393. The van der Waals surface area contributed by atoms with Crippen LogP contribution in [0.4, 0.5) is 0 Å². The fraction of sp³-hybridized carbons (Fsp3) is 0.474. The lowest BCUT2D eigenvalue weighted by atomic mass is 9.98. The molecule has 4 heteroatoms. The quantitative estimate of drug-likeness (QED) is 0.640. The van der Waals surface area contributed by atoms with Gasteiger partial charge >= 0.3 is 0 Å². The standard InChI is InChI=1S/C19H28O4/c1-13(2)6-5-7-14(3)8-9-16-18(23-4)10-15(11-20)17(12-21)19(16)22/h6,8,10,20-22H,5,7,9,11-12H2,1-4H3/b14-8+. The van der Waals surface area contributed by atoms with Crippen molar-refractivity contribution < 1.29 is 20.1 Å². The van der Waals surface area contributed by atoms with Gasteiger partial charge in [-0.05, 0) is 51.7 Å². The van der Waals surface area contributed by atoms with Gasteiger partial charge in [0.15, 0.2) is 0 Å². The van der Waals surface area contributed by atoms with Crippen LogP contribution in [0, 0.1) is 0 Å². The molecule has 0 aliphatic rings. The lowest BCUT2D eigenvalue weighted by molar-refractivity contribution is 0.253. The van der Waals surface area contributed by atoms with Gasteiger partial charge in [0.2, 0.25) is 0 Å². The predicted octanol–water partition coefficient (Wildman–Crippen LogP) is 3.62. The molecule has 128 valence electrons. The lowest BCUT2D eigenvalue weighted by Gasteiger charge is -2.16. The van der Waals surface area contributed by atoms with Crippen LogP contribution in [0.2, 0.25) is 0 Å². The zero-order chi connectivity index (χ0) is 17.4. The molecule has 0 aliphatic carbocycles. The van der Waals surface area contributed by atoms with E-state index >= 15 is 0 Å². The van der Waals surface area contributed by atoms with Gasteiger partial charge in [-0.15, -0.1) is 0 Å². The highest BCUT2D eigenvalue weighted by Gasteiger charge is 2.16. The van der Waals surface area contributed by atoms with Crippen molar-refractivity contribution >= 4 is 0 Å². The number of benzene rings is 1. The van der Waals surface area contributed by atoms with Crippen LogP contribution in [0.1, 0.15) is 50.3 Å². The minimum Gasteiger partial charge on any atom is -0.507 e. The van der Waals surface area contributed by atoms with Crippen LogP contribution in [0.25, 0.3) is 0 Å². The lowest BCUT2D eigenvalue weighted by Crippen LogP contribution is -2.01. The molecule has 0 aromatic heterocycles. The number of phenols is 1. The maximum Gasteiger partial charge on any atom is 0.128 e. The van der Waals surface area contributed by atoms with E-state index in [0.29, 0.717) is 28.9 Å². The number of aliphatic hydroxyl groups excluding tert-OH is 2. The second kappa shape index (κ2) is 9.38. The fourth-order valence-corrected chi connectivity index (χ4v) is 2.45. The third kappa shape index (κ3) is 5.41. The zero-order valence-corrected chi connectivity index (χ0v) is 14.5. The van der Waals surface area contributed by atoms with E-state index in [1.807, 2.05) is 0 Å². The summed E-state index contributed by atoms with van der Waals surface area (Å²) < 4.78 is 5.32. The molecule has 0 fully saturated rings. The van der Waals surface area contributed by atoms with Gasteiger partial charge in [0.05, 0.1) is 20.3 Å². The maximum absolute atomic E-state index is 10.4. The van der Waals surface area contributed by atoms with E-state index in [9.17, 15) is 15.3 Å². The second-order valence-electron chi connectivity index (χ2n) is 5.93. The Morgan fingerprint density at radius 3 is 2.30 bits per heavy atom. The zero-order valence-electron chi connectivity index (χ0n) is 14.5. The summed E-state index contributed by atoms with van der Waals surface area (Å²) in [6.07, 6.45) is 6.76. The highest BCUT2D eigenvalue weighted by atomic mass is 16.5. The Hall–Kier alpha value is -1.78. The van der Waals surface area contributed by atoms with Gasteiger partial charge in [0.1, 0.15) is 11.5 Å². The highest BCUT2D eigenvalue weighted by Crippen LogP contribution is 2.35. The molecule has 0 bridgehead atoms. The molecule has 0 saturated heterocycles. The molecule has 1 aromatic rings. The first-order chi connectivity index (χ1) is 10.9. The van der Waals surface area contributed by atoms with Gasteiger partial charge in [0.25, 0.3) is 0 Å². The molecule has 0 spiro atoms. The second-order valence-corrected chi connectivity index (χ2v) is 5.93. The molecule has 1 rings (SSSR count). The number of methoxy groups -OCH3 is 1. The summed E-state index contributed by atoms with van der Waals surface area (Å²) in [6, 6.07) is 1.67. The van der Waals surface area contributed by atoms with Crippen molar-refractivity contribution in [1.82, 2.24) is 0 Å². The van der Waals surface area contributed by atoms with Crippen molar-refractivity contribution in [1.29, 1.82) is 0 Å². The first-order valence-electron chi connectivity index (χ1n) is 7.85. The van der Waals surface area contributed by atoms with E-state index in [-0.39, 0.29) is 19.0 Å². The van der Waals surface area contributed by atoms with Gasteiger partial charge in [-0.1, -0.05) is 23.3 Å². The van der Waals surface area contributed by atoms with Crippen LogP contribution in [-0.2, 0) is 19.6 Å². The van der Waals surface area contributed by atoms with Crippen LogP contribution in [0.15, 0.2) is 29.4 Å². The normalized spacial score (nSPS) is 11.5. The molecule has 0 unspecified atom stereocenters. The molecule has 0 amide bonds. The highest BCUT2D eigenvalue weighted by molar-refractivity contribution is 5.54. The van der Waals surface area contributed by atoms with Crippen LogP contribution in [0.5, 0.6) is 11.5 Å². The van der Waals surface area contributed by atoms with Crippen molar-refractivity contribution in [3.8, 4) is 11.5 Å².